The highest BCUT2D eigenvalue weighted by Gasteiger charge is 2.14. The van der Waals surface area contributed by atoms with E-state index in [0.717, 1.165) is 18.2 Å². The van der Waals surface area contributed by atoms with Gasteiger partial charge in [-0.3, -0.25) is 14.3 Å². The number of Topliss-reactive ketones (excluding diaryl/α,β-unsaturated/α-hetero) is 2. The van der Waals surface area contributed by atoms with E-state index in [1.54, 1.807) is 0 Å². The summed E-state index contributed by atoms with van der Waals surface area (Å²) in [4.78, 5) is 22.9. The van der Waals surface area contributed by atoms with Crippen LogP contribution in [0.3, 0.4) is 0 Å². The summed E-state index contributed by atoms with van der Waals surface area (Å²) in [5.41, 5.74) is 0.0207. The lowest BCUT2D eigenvalue weighted by Crippen LogP contribution is -2.12. The van der Waals surface area contributed by atoms with E-state index in [0.29, 0.717) is 5.56 Å². The minimum atomic E-state index is -0.787. The van der Waals surface area contributed by atoms with Gasteiger partial charge in [-0.1, -0.05) is 0 Å². The van der Waals surface area contributed by atoms with Crippen LogP contribution in [0, 0.1) is 11.6 Å². The summed E-state index contributed by atoms with van der Waals surface area (Å²) in [6.45, 7) is 1.11. The fourth-order valence-corrected chi connectivity index (χ4v) is 1.58. The number of hydrogen-bond donors (Lipinski definition) is 0. The van der Waals surface area contributed by atoms with Crippen molar-refractivity contribution in [2.24, 2.45) is 0 Å². The standard InChI is InChI=1S/C13H10F2N2O2/c1-8(18)9-5-16-17(6-9)7-13(19)11-4-10(14)2-3-12(11)15/h2-6H,7H2,1H3. The third kappa shape index (κ3) is 2.90. The van der Waals surface area contributed by atoms with Gasteiger partial charge >= 0.3 is 0 Å². The van der Waals surface area contributed by atoms with Crippen molar-refractivity contribution in [1.29, 1.82) is 0 Å². The highest BCUT2D eigenvalue weighted by Crippen LogP contribution is 2.11. The van der Waals surface area contributed by atoms with E-state index in [2.05, 4.69) is 5.10 Å². The average molecular weight is 264 g/mol. The van der Waals surface area contributed by atoms with Crippen LogP contribution < -0.4 is 0 Å². The first kappa shape index (κ1) is 13.1. The van der Waals surface area contributed by atoms with E-state index >= 15 is 0 Å². The van der Waals surface area contributed by atoms with Crippen LogP contribution in [0.4, 0.5) is 8.78 Å². The Morgan fingerprint density at radius 1 is 1.32 bits per heavy atom. The van der Waals surface area contributed by atoms with Crippen molar-refractivity contribution in [2.45, 2.75) is 13.5 Å². The molecule has 0 bridgehead atoms. The fourth-order valence-electron chi connectivity index (χ4n) is 1.58. The Morgan fingerprint density at radius 2 is 2.05 bits per heavy atom. The maximum absolute atomic E-state index is 13.4. The molecule has 0 amide bonds. The lowest BCUT2D eigenvalue weighted by Gasteiger charge is -2.03. The molecule has 0 fully saturated rings. The number of aromatic nitrogens is 2. The van der Waals surface area contributed by atoms with Gasteiger partial charge in [-0.2, -0.15) is 5.10 Å². The second-order valence-electron chi connectivity index (χ2n) is 4.03. The zero-order valence-electron chi connectivity index (χ0n) is 10.1. The third-order valence-corrected chi connectivity index (χ3v) is 2.57. The molecule has 19 heavy (non-hydrogen) atoms. The largest absolute Gasteiger partial charge is 0.294 e. The van der Waals surface area contributed by atoms with Gasteiger partial charge < -0.3 is 0 Å². The van der Waals surface area contributed by atoms with Gasteiger partial charge in [0.25, 0.3) is 0 Å². The highest BCUT2D eigenvalue weighted by molar-refractivity contribution is 5.96. The second kappa shape index (κ2) is 5.09. The van der Waals surface area contributed by atoms with Gasteiger partial charge in [0.1, 0.15) is 18.2 Å². The minimum absolute atomic E-state index is 0.185. The zero-order valence-corrected chi connectivity index (χ0v) is 10.1. The molecule has 1 aromatic carbocycles. The quantitative estimate of drug-likeness (QED) is 0.796. The lowest BCUT2D eigenvalue weighted by atomic mass is 10.1. The van der Waals surface area contributed by atoms with E-state index in [1.165, 1.54) is 24.0 Å². The molecule has 1 aromatic heterocycles. The number of carbonyl (C=O) groups excluding carboxylic acids is 2. The summed E-state index contributed by atoms with van der Waals surface area (Å²) in [6, 6.07) is 2.67. The summed E-state index contributed by atoms with van der Waals surface area (Å²) >= 11 is 0. The molecular weight excluding hydrogens is 254 g/mol. The number of rotatable bonds is 4. The Hall–Kier alpha value is -2.37. The molecule has 98 valence electrons. The molecule has 0 N–H and O–H groups in total. The van der Waals surface area contributed by atoms with Crippen molar-refractivity contribution in [1.82, 2.24) is 9.78 Å². The van der Waals surface area contributed by atoms with Crippen LogP contribution in [0.1, 0.15) is 27.6 Å². The maximum atomic E-state index is 13.4. The molecule has 6 heteroatoms. The van der Waals surface area contributed by atoms with Crippen molar-refractivity contribution in [3.63, 3.8) is 0 Å². The maximum Gasteiger partial charge on any atom is 0.187 e. The smallest absolute Gasteiger partial charge is 0.187 e. The predicted octanol–water partition coefficient (Wildman–Crippen LogP) is 2.25. The molecule has 0 aliphatic heterocycles. The zero-order chi connectivity index (χ0) is 14.0. The number of nitrogens with zero attached hydrogens (tertiary/aromatic N) is 2. The first-order chi connectivity index (χ1) is 8.97. The molecule has 0 radical (unpaired) electrons. The Balaban J connectivity index is 2.20. The highest BCUT2D eigenvalue weighted by atomic mass is 19.1. The number of ketones is 2. The van der Waals surface area contributed by atoms with Gasteiger partial charge in [0.2, 0.25) is 0 Å². The van der Waals surface area contributed by atoms with E-state index < -0.39 is 17.4 Å². The monoisotopic (exact) mass is 264 g/mol. The third-order valence-electron chi connectivity index (χ3n) is 2.57. The molecule has 0 unspecified atom stereocenters. The van der Waals surface area contributed by atoms with Crippen LogP contribution in [-0.4, -0.2) is 21.3 Å². The van der Waals surface area contributed by atoms with Crippen LogP contribution in [0.25, 0.3) is 0 Å². The topological polar surface area (TPSA) is 52.0 Å². The van der Waals surface area contributed by atoms with Gasteiger partial charge in [-0.15, -0.1) is 0 Å². The van der Waals surface area contributed by atoms with Gasteiger partial charge in [0, 0.05) is 6.20 Å². The van der Waals surface area contributed by atoms with Crippen LogP contribution in [0.5, 0.6) is 0 Å². The molecule has 2 aromatic rings. The van der Waals surface area contributed by atoms with Gasteiger partial charge in [0.05, 0.1) is 17.3 Å². The van der Waals surface area contributed by atoms with E-state index in [-0.39, 0.29) is 17.9 Å². The van der Waals surface area contributed by atoms with Crippen molar-refractivity contribution in [3.05, 3.63) is 53.4 Å². The van der Waals surface area contributed by atoms with Crippen LogP contribution in [0.2, 0.25) is 0 Å². The number of halogens is 2. The SMILES string of the molecule is CC(=O)c1cnn(CC(=O)c2cc(F)ccc2F)c1. The molecule has 0 saturated heterocycles. The molecule has 0 atom stereocenters. The molecule has 2 rings (SSSR count). The molecule has 1 heterocycles. The van der Waals surface area contributed by atoms with E-state index in [4.69, 9.17) is 0 Å². The van der Waals surface area contributed by atoms with Gasteiger partial charge in [-0.25, -0.2) is 8.78 Å². The summed E-state index contributed by atoms with van der Waals surface area (Å²) < 4.78 is 27.6. The molecular formula is C13H10F2N2O2. The first-order valence-corrected chi connectivity index (χ1v) is 5.49. The summed E-state index contributed by atoms with van der Waals surface area (Å²) in [5.74, 6) is -2.27. The molecule has 0 aliphatic rings. The summed E-state index contributed by atoms with van der Waals surface area (Å²) in [6.07, 6.45) is 2.70. The van der Waals surface area contributed by atoms with Crippen LogP contribution in [0.15, 0.2) is 30.6 Å². The van der Waals surface area contributed by atoms with Crippen LogP contribution >= 0.6 is 0 Å². The van der Waals surface area contributed by atoms with E-state index in [1.807, 2.05) is 0 Å². The number of carbonyl (C=O) groups is 2. The Bertz CT molecular complexity index is 650. The van der Waals surface area contributed by atoms with Crippen molar-refractivity contribution >= 4 is 11.6 Å². The lowest BCUT2D eigenvalue weighted by molar-refractivity contribution is 0.0960. The normalized spacial score (nSPS) is 10.5. The summed E-state index contributed by atoms with van der Waals surface area (Å²) in [5, 5.41) is 3.81. The summed E-state index contributed by atoms with van der Waals surface area (Å²) in [7, 11) is 0. The Morgan fingerprint density at radius 3 is 2.68 bits per heavy atom. The van der Waals surface area contributed by atoms with Gasteiger partial charge in [-0.05, 0) is 25.1 Å². The average Bonchev–Trinajstić information content (AvgIpc) is 2.80. The molecule has 0 saturated carbocycles. The number of benzene rings is 1. The Labute approximate surface area is 107 Å². The van der Waals surface area contributed by atoms with E-state index in [9.17, 15) is 18.4 Å². The predicted molar refractivity (Wildman–Crippen MR) is 62.9 cm³/mol. The number of hydrogen-bond acceptors (Lipinski definition) is 3. The van der Waals surface area contributed by atoms with Crippen molar-refractivity contribution in [2.75, 3.05) is 0 Å². The van der Waals surface area contributed by atoms with Crippen molar-refractivity contribution < 1.29 is 18.4 Å². The van der Waals surface area contributed by atoms with Gasteiger partial charge in [0.15, 0.2) is 11.6 Å². The minimum Gasteiger partial charge on any atom is -0.294 e. The van der Waals surface area contributed by atoms with Crippen LogP contribution in [-0.2, 0) is 6.54 Å². The molecule has 0 aliphatic carbocycles. The molecule has 0 spiro atoms. The fraction of sp³-hybridized carbons (Fsp3) is 0.154. The van der Waals surface area contributed by atoms with Crippen molar-refractivity contribution in [3.8, 4) is 0 Å². The Kier molecular flexibility index (Phi) is 3.50. The first-order valence-electron chi connectivity index (χ1n) is 5.49. The molecule has 4 nitrogen and oxygen atoms in total. The second-order valence-corrected chi connectivity index (χ2v) is 4.03.